The van der Waals surface area contributed by atoms with Crippen LogP contribution in [0.3, 0.4) is 0 Å². The Bertz CT molecular complexity index is 1330. The first kappa shape index (κ1) is 30.9. The third-order valence-electron chi connectivity index (χ3n) is 6.15. The molecule has 0 bridgehead atoms. The summed E-state index contributed by atoms with van der Waals surface area (Å²) in [7, 11) is -4.00. The van der Waals surface area contributed by atoms with Gasteiger partial charge < -0.3 is 15.2 Å². The minimum absolute atomic E-state index is 0.0492. The second-order valence-electron chi connectivity index (χ2n) is 10.1. The summed E-state index contributed by atoms with van der Waals surface area (Å²) in [6.07, 6.45) is 2.86. The molecule has 3 aromatic rings. The Labute approximate surface area is 236 Å². The lowest BCUT2D eigenvalue weighted by atomic mass is 9.90. The van der Waals surface area contributed by atoms with Crippen LogP contribution in [0.25, 0.3) is 0 Å². The first-order valence-electron chi connectivity index (χ1n) is 13.3. The summed E-state index contributed by atoms with van der Waals surface area (Å²) in [5.41, 5.74) is 1.72. The predicted octanol–water partition coefficient (Wildman–Crippen LogP) is 3.28. The van der Waals surface area contributed by atoms with E-state index in [0.717, 1.165) is 11.1 Å². The zero-order valence-electron chi connectivity index (χ0n) is 22.8. The molecule has 1 heterocycles. The zero-order valence-corrected chi connectivity index (χ0v) is 23.6. The molecule has 0 aliphatic heterocycles. The van der Waals surface area contributed by atoms with Crippen LogP contribution in [-0.4, -0.2) is 49.4 Å². The van der Waals surface area contributed by atoms with E-state index in [1.807, 2.05) is 44.2 Å². The van der Waals surface area contributed by atoms with E-state index in [0.29, 0.717) is 6.42 Å². The minimum Gasteiger partial charge on any atom is -0.487 e. The Morgan fingerprint density at radius 2 is 1.60 bits per heavy atom. The lowest BCUT2D eigenvalue weighted by molar-refractivity contribution is -0.130. The maximum absolute atomic E-state index is 13.0. The van der Waals surface area contributed by atoms with Crippen LogP contribution in [0.15, 0.2) is 84.0 Å². The van der Waals surface area contributed by atoms with Gasteiger partial charge >= 0.3 is 0 Å². The summed E-state index contributed by atoms with van der Waals surface area (Å²) < 4.78 is 34.1. The average molecular weight is 568 g/mol. The average Bonchev–Trinajstić information content (AvgIpc) is 2.94. The van der Waals surface area contributed by atoms with E-state index in [-0.39, 0.29) is 60.8 Å². The number of nitrogens with zero attached hydrogens (tertiary/aromatic N) is 1. The molecule has 3 rings (SSSR count). The fourth-order valence-corrected chi connectivity index (χ4v) is 5.39. The molecule has 0 aliphatic rings. The summed E-state index contributed by atoms with van der Waals surface area (Å²) >= 11 is 0. The number of ketones is 1. The highest BCUT2D eigenvalue weighted by Gasteiger charge is 2.25. The van der Waals surface area contributed by atoms with Crippen LogP contribution < -0.4 is 14.8 Å². The number of hydrogen-bond acceptors (Lipinski definition) is 7. The molecule has 0 spiro atoms. The van der Waals surface area contributed by atoms with Gasteiger partial charge in [0.2, 0.25) is 15.9 Å². The third kappa shape index (κ3) is 10.2. The van der Waals surface area contributed by atoms with Gasteiger partial charge in [0.1, 0.15) is 23.0 Å². The molecule has 0 fully saturated rings. The highest BCUT2D eigenvalue weighted by atomic mass is 32.2. The Morgan fingerprint density at radius 1 is 0.925 bits per heavy atom. The van der Waals surface area contributed by atoms with Crippen molar-refractivity contribution in [3.05, 3.63) is 90.3 Å². The molecule has 2 aromatic carbocycles. The lowest BCUT2D eigenvalue weighted by Gasteiger charge is -2.20. The number of para-hydroxylation sites is 1. The van der Waals surface area contributed by atoms with Crippen molar-refractivity contribution in [1.29, 1.82) is 0 Å². The van der Waals surface area contributed by atoms with Crippen LogP contribution in [0.1, 0.15) is 37.8 Å². The number of ether oxygens (including phenoxy) is 1. The van der Waals surface area contributed by atoms with E-state index in [4.69, 9.17) is 4.74 Å². The molecule has 2 unspecified atom stereocenters. The molecule has 0 saturated carbocycles. The molecule has 214 valence electrons. The van der Waals surface area contributed by atoms with Crippen molar-refractivity contribution in [1.82, 2.24) is 15.0 Å². The van der Waals surface area contributed by atoms with Gasteiger partial charge in [-0.2, -0.15) is 0 Å². The summed E-state index contributed by atoms with van der Waals surface area (Å²) in [4.78, 5) is 29.4. The SMILES string of the molecule is CC(C)CC(CC(=O)Cc1ccncc1)C(=O)NCC(O)CNS(=O)(=O)c1ccccc1OCc1ccccc1. The van der Waals surface area contributed by atoms with Crippen molar-refractivity contribution in [3.8, 4) is 5.75 Å². The number of sulfonamides is 1. The van der Waals surface area contributed by atoms with Gasteiger partial charge in [0.25, 0.3) is 0 Å². The third-order valence-corrected chi connectivity index (χ3v) is 7.61. The summed E-state index contributed by atoms with van der Waals surface area (Å²) in [6.45, 7) is 3.66. The molecule has 1 amide bonds. The number of pyridine rings is 1. The van der Waals surface area contributed by atoms with Crippen LogP contribution in [0.4, 0.5) is 0 Å². The van der Waals surface area contributed by atoms with Crippen LogP contribution in [0.5, 0.6) is 5.75 Å². The summed E-state index contributed by atoms with van der Waals surface area (Å²) in [5, 5.41) is 13.1. The van der Waals surface area contributed by atoms with E-state index in [9.17, 15) is 23.1 Å². The van der Waals surface area contributed by atoms with Crippen LogP contribution in [0, 0.1) is 11.8 Å². The number of nitrogens with one attached hydrogen (secondary N) is 2. The topological polar surface area (TPSA) is 135 Å². The summed E-state index contributed by atoms with van der Waals surface area (Å²) in [5.74, 6) is -0.585. The number of carbonyl (C=O) groups is 2. The summed E-state index contributed by atoms with van der Waals surface area (Å²) in [6, 6.07) is 19.2. The monoisotopic (exact) mass is 567 g/mol. The highest BCUT2D eigenvalue weighted by Crippen LogP contribution is 2.24. The van der Waals surface area contributed by atoms with Crippen molar-refractivity contribution < 1.29 is 27.9 Å². The standard InChI is InChI=1S/C30H37N3O6S/c1-22(2)16-25(18-26(34)17-23-12-14-31-15-13-23)30(36)32-19-27(35)20-33-40(37,38)29-11-7-6-10-28(29)39-21-24-8-4-3-5-9-24/h3-15,22,25,27,33,35H,16-21H2,1-2H3,(H,32,36). The number of aromatic nitrogens is 1. The van der Waals surface area contributed by atoms with Gasteiger partial charge in [-0.1, -0.05) is 56.3 Å². The number of aliphatic hydroxyl groups excluding tert-OH is 1. The Kier molecular flexibility index (Phi) is 11.8. The fraction of sp³-hybridized carbons (Fsp3) is 0.367. The molecule has 2 atom stereocenters. The van der Waals surface area contributed by atoms with Gasteiger partial charge in [-0.05, 0) is 47.7 Å². The second-order valence-corrected chi connectivity index (χ2v) is 11.8. The normalized spacial score (nSPS) is 13.0. The molecule has 9 nitrogen and oxygen atoms in total. The van der Waals surface area contributed by atoms with Gasteiger partial charge in [-0.3, -0.25) is 14.6 Å². The van der Waals surface area contributed by atoms with E-state index < -0.39 is 22.0 Å². The van der Waals surface area contributed by atoms with Gasteiger partial charge in [-0.15, -0.1) is 0 Å². The quantitative estimate of drug-likeness (QED) is 0.242. The molecule has 40 heavy (non-hydrogen) atoms. The van der Waals surface area contributed by atoms with E-state index in [1.54, 1.807) is 42.7 Å². The Morgan fingerprint density at radius 3 is 2.30 bits per heavy atom. The van der Waals surface area contributed by atoms with E-state index >= 15 is 0 Å². The molecule has 10 heteroatoms. The molecular formula is C30H37N3O6S. The van der Waals surface area contributed by atoms with Crippen LogP contribution in [0.2, 0.25) is 0 Å². The number of amides is 1. The first-order chi connectivity index (χ1) is 19.1. The molecule has 0 aliphatic carbocycles. The van der Waals surface area contributed by atoms with Gasteiger partial charge in [0.15, 0.2) is 0 Å². The van der Waals surface area contributed by atoms with E-state index in [1.165, 1.54) is 6.07 Å². The molecule has 0 radical (unpaired) electrons. The number of rotatable bonds is 16. The van der Waals surface area contributed by atoms with E-state index in [2.05, 4.69) is 15.0 Å². The Balaban J connectivity index is 1.52. The number of aliphatic hydroxyl groups is 1. The molecular weight excluding hydrogens is 530 g/mol. The fourth-order valence-electron chi connectivity index (χ4n) is 4.17. The lowest BCUT2D eigenvalue weighted by Crippen LogP contribution is -2.42. The van der Waals surface area contributed by atoms with Gasteiger partial charge in [0, 0.05) is 44.2 Å². The maximum atomic E-state index is 13.0. The zero-order chi connectivity index (χ0) is 29.0. The predicted molar refractivity (Wildman–Crippen MR) is 152 cm³/mol. The maximum Gasteiger partial charge on any atom is 0.244 e. The van der Waals surface area contributed by atoms with Crippen molar-refractivity contribution >= 4 is 21.7 Å². The second kappa shape index (κ2) is 15.3. The minimum atomic E-state index is -4.00. The van der Waals surface area contributed by atoms with Gasteiger partial charge in [-0.25, -0.2) is 13.1 Å². The molecule has 3 N–H and O–H groups in total. The number of carbonyl (C=O) groups excluding carboxylic acids is 2. The first-order valence-corrected chi connectivity index (χ1v) is 14.7. The van der Waals surface area contributed by atoms with Crippen molar-refractivity contribution in [2.45, 2.75) is 50.7 Å². The van der Waals surface area contributed by atoms with Gasteiger partial charge in [0.05, 0.1) is 6.10 Å². The molecule has 1 aromatic heterocycles. The number of Topliss-reactive ketones (excluding diaryl/α,β-unsaturated/α-hetero) is 1. The Hall–Kier alpha value is -3.60. The van der Waals surface area contributed by atoms with Crippen molar-refractivity contribution in [2.75, 3.05) is 13.1 Å². The highest BCUT2D eigenvalue weighted by molar-refractivity contribution is 7.89. The van der Waals surface area contributed by atoms with Crippen LogP contribution >= 0.6 is 0 Å². The van der Waals surface area contributed by atoms with Crippen molar-refractivity contribution in [3.63, 3.8) is 0 Å². The largest absolute Gasteiger partial charge is 0.487 e. The van der Waals surface area contributed by atoms with Crippen LogP contribution in [-0.2, 0) is 32.6 Å². The number of benzene rings is 2. The number of hydrogen-bond donors (Lipinski definition) is 3. The molecule has 0 saturated heterocycles. The smallest absolute Gasteiger partial charge is 0.244 e. The van der Waals surface area contributed by atoms with Crippen molar-refractivity contribution in [2.24, 2.45) is 11.8 Å².